The van der Waals surface area contributed by atoms with E-state index < -0.39 is 9.84 Å². The Kier molecular flexibility index (Phi) is 3.92. The van der Waals surface area contributed by atoms with E-state index in [0.29, 0.717) is 11.6 Å². The summed E-state index contributed by atoms with van der Waals surface area (Å²) in [7, 11) is -3.00. The van der Waals surface area contributed by atoms with Crippen molar-refractivity contribution in [2.75, 3.05) is 5.75 Å². The molecule has 2 rings (SSSR count). The van der Waals surface area contributed by atoms with Crippen LogP contribution in [0.4, 0.5) is 0 Å². The van der Waals surface area contributed by atoms with Crippen molar-refractivity contribution in [3.05, 3.63) is 44.7 Å². The second-order valence-corrected chi connectivity index (χ2v) is 7.14. The Morgan fingerprint density at radius 2 is 2.24 bits per heavy atom. The number of hydrogen-bond acceptors (Lipinski definition) is 3. The number of hydrogen-bond donors (Lipinski definition) is 1. The Morgan fingerprint density at radius 1 is 1.47 bits per heavy atom. The van der Waals surface area contributed by atoms with Gasteiger partial charge in [0.2, 0.25) is 0 Å². The molecule has 1 aliphatic rings. The third kappa shape index (κ3) is 3.55. The molecule has 0 bridgehead atoms. The molecule has 1 heterocycles. The van der Waals surface area contributed by atoms with Crippen molar-refractivity contribution in [1.82, 2.24) is 5.32 Å². The summed E-state index contributed by atoms with van der Waals surface area (Å²) in [6.07, 6.45) is 1.67. The zero-order chi connectivity index (χ0) is 12.5. The number of halogens is 2. The fraction of sp³-hybridized carbons (Fsp3) is 0.273. The second kappa shape index (κ2) is 5.10. The molecule has 92 valence electrons. The van der Waals surface area contributed by atoms with Crippen LogP contribution >= 0.6 is 27.5 Å². The topological polar surface area (TPSA) is 46.2 Å². The molecule has 0 aromatic heterocycles. The van der Waals surface area contributed by atoms with Crippen LogP contribution in [0.25, 0.3) is 0 Å². The predicted octanol–water partition coefficient (Wildman–Crippen LogP) is 2.50. The van der Waals surface area contributed by atoms with Gasteiger partial charge in [-0.25, -0.2) is 8.42 Å². The van der Waals surface area contributed by atoms with E-state index in [2.05, 4.69) is 21.2 Å². The molecule has 1 aliphatic heterocycles. The highest BCUT2D eigenvalue weighted by atomic mass is 79.9. The molecule has 6 heteroatoms. The molecule has 3 nitrogen and oxygen atoms in total. The quantitative estimate of drug-likeness (QED) is 0.922. The molecule has 0 saturated heterocycles. The van der Waals surface area contributed by atoms with E-state index in [-0.39, 0.29) is 11.8 Å². The van der Waals surface area contributed by atoms with Crippen molar-refractivity contribution in [2.24, 2.45) is 0 Å². The van der Waals surface area contributed by atoms with Gasteiger partial charge in [-0.05, 0) is 23.8 Å². The Hall–Kier alpha value is -0.360. The van der Waals surface area contributed by atoms with E-state index in [1.165, 1.54) is 5.41 Å². The van der Waals surface area contributed by atoms with Crippen LogP contribution in [-0.4, -0.2) is 20.2 Å². The van der Waals surface area contributed by atoms with E-state index in [0.717, 1.165) is 10.0 Å². The molecular formula is C11H11BrClNO2S. The van der Waals surface area contributed by atoms with Crippen molar-refractivity contribution in [1.29, 1.82) is 0 Å². The van der Waals surface area contributed by atoms with Gasteiger partial charge in [0, 0.05) is 27.5 Å². The van der Waals surface area contributed by atoms with Crippen LogP contribution in [0.2, 0.25) is 5.02 Å². The molecule has 1 N–H and O–H groups in total. The summed E-state index contributed by atoms with van der Waals surface area (Å²) in [5.41, 5.74) is 0.943. The van der Waals surface area contributed by atoms with Gasteiger partial charge < -0.3 is 5.32 Å². The van der Waals surface area contributed by atoms with Gasteiger partial charge in [-0.2, -0.15) is 0 Å². The zero-order valence-electron chi connectivity index (χ0n) is 8.86. The number of nitrogens with one attached hydrogen (secondary N) is 1. The maximum atomic E-state index is 11.2. The average Bonchev–Trinajstić information content (AvgIpc) is 2.60. The second-order valence-electron chi connectivity index (χ2n) is 3.88. The molecular weight excluding hydrogens is 326 g/mol. The lowest BCUT2D eigenvalue weighted by Gasteiger charge is -2.11. The van der Waals surface area contributed by atoms with Crippen LogP contribution in [0.5, 0.6) is 0 Å². The highest BCUT2D eigenvalue weighted by Gasteiger charge is 2.21. The maximum Gasteiger partial charge on any atom is 0.173 e. The summed E-state index contributed by atoms with van der Waals surface area (Å²) in [5.74, 6) is 0.124. The molecule has 0 aliphatic carbocycles. The van der Waals surface area contributed by atoms with E-state index in [4.69, 9.17) is 11.6 Å². The van der Waals surface area contributed by atoms with Crippen LogP contribution in [0.15, 0.2) is 34.2 Å². The third-order valence-electron chi connectivity index (χ3n) is 2.49. The van der Waals surface area contributed by atoms with E-state index in [1.807, 2.05) is 18.2 Å². The molecule has 0 saturated carbocycles. The predicted molar refractivity (Wildman–Crippen MR) is 72.7 cm³/mol. The monoisotopic (exact) mass is 335 g/mol. The molecule has 0 spiro atoms. The first kappa shape index (κ1) is 13.1. The Bertz CT molecular complexity index is 557. The van der Waals surface area contributed by atoms with Gasteiger partial charge in [-0.1, -0.05) is 33.6 Å². The minimum Gasteiger partial charge on any atom is -0.305 e. The zero-order valence-corrected chi connectivity index (χ0v) is 12.0. The van der Waals surface area contributed by atoms with E-state index in [9.17, 15) is 8.42 Å². The molecule has 0 radical (unpaired) electrons. The van der Waals surface area contributed by atoms with Gasteiger partial charge in [-0.3, -0.25) is 0 Å². The first-order valence-corrected chi connectivity index (χ1v) is 7.93. The minimum absolute atomic E-state index is 0.124. The van der Waals surface area contributed by atoms with Crippen molar-refractivity contribution in [3.8, 4) is 0 Å². The van der Waals surface area contributed by atoms with Crippen LogP contribution in [-0.2, 0) is 16.4 Å². The summed E-state index contributed by atoms with van der Waals surface area (Å²) in [6.45, 7) is 0.544. The van der Waals surface area contributed by atoms with Gasteiger partial charge >= 0.3 is 0 Å². The van der Waals surface area contributed by atoms with Gasteiger partial charge in [0.1, 0.15) is 0 Å². The summed E-state index contributed by atoms with van der Waals surface area (Å²) >= 11 is 9.41. The Balaban J connectivity index is 1.99. The van der Waals surface area contributed by atoms with Crippen molar-refractivity contribution >= 4 is 37.4 Å². The number of sulfone groups is 1. The fourth-order valence-corrected chi connectivity index (χ4v) is 3.49. The largest absolute Gasteiger partial charge is 0.305 e. The van der Waals surface area contributed by atoms with Gasteiger partial charge in [0.25, 0.3) is 0 Å². The van der Waals surface area contributed by atoms with Crippen molar-refractivity contribution in [3.63, 3.8) is 0 Å². The van der Waals surface area contributed by atoms with Crippen LogP contribution in [0, 0.1) is 0 Å². The smallest absolute Gasteiger partial charge is 0.173 e. The first-order chi connectivity index (χ1) is 7.96. The van der Waals surface area contributed by atoms with Crippen molar-refractivity contribution < 1.29 is 8.42 Å². The van der Waals surface area contributed by atoms with Gasteiger partial charge in [0.05, 0.1) is 5.75 Å². The number of rotatable bonds is 3. The lowest BCUT2D eigenvalue weighted by molar-refractivity contribution is 0.590. The fourth-order valence-electron chi connectivity index (χ4n) is 1.62. The maximum absolute atomic E-state index is 11.2. The summed E-state index contributed by atoms with van der Waals surface area (Å²) in [6, 6.07) is 5.47. The lowest BCUT2D eigenvalue weighted by atomic mass is 10.2. The SMILES string of the molecule is O=S1(=O)C=CC(NCc2cc(Br)ccc2Cl)C1. The summed E-state index contributed by atoms with van der Waals surface area (Å²) in [5, 5.41) is 5.08. The molecule has 1 atom stereocenters. The molecule has 1 unspecified atom stereocenters. The summed E-state index contributed by atoms with van der Waals surface area (Å²) in [4.78, 5) is 0. The minimum atomic E-state index is -3.00. The van der Waals surface area contributed by atoms with Gasteiger partial charge in [0.15, 0.2) is 9.84 Å². The van der Waals surface area contributed by atoms with Crippen LogP contribution < -0.4 is 5.32 Å². The van der Waals surface area contributed by atoms with Gasteiger partial charge in [-0.15, -0.1) is 0 Å². The molecule has 17 heavy (non-hydrogen) atoms. The normalized spacial score (nSPS) is 21.9. The Labute approximate surface area is 114 Å². The number of benzene rings is 1. The highest BCUT2D eigenvalue weighted by Crippen LogP contribution is 2.21. The molecule has 1 aromatic carbocycles. The van der Waals surface area contributed by atoms with Crippen molar-refractivity contribution in [2.45, 2.75) is 12.6 Å². The summed E-state index contributed by atoms with van der Waals surface area (Å²) < 4.78 is 23.4. The average molecular weight is 337 g/mol. The molecule has 0 fully saturated rings. The Morgan fingerprint density at radius 3 is 2.88 bits per heavy atom. The van der Waals surface area contributed by atoms with E-state index in [1.54, 1.807) is 6.08 Å². The van der Waals surface area contributed by atoms with E-state index >= 15 is 0 Å². The molecule has 1 aromatic rings. The highest BCUT2D eigenvalue weighted by molar-refractivity contribution is 9.10. The van der Waals surface area contributed by atoms with Crippen LogP contribution in [0.1, 0.15) is 5.56 Å². The standard InChI is InChI=1S/C11H11BrClNO2S/c12-9-1-2-11(13)8(5-9)6-14-10-3-4-17(15,16)7-10/h1-5,10,14H,6-7H2. The van der Waals surface area contributed by atoms with Crippen LogP contribution in [0.3, 0.4) is 0 Å². The third-order valence-corrected chi connectivity index (χ3v) is 4.75. The lowest BCUT2D eigenvalue weighted by Crippen LogP contribution is -2.29. The molecule has 0 amide bonds. The first-order valence-electron chi connectivity index (χ1n) is 5.04.